The predicted octanol–water partition coefficient (Wildman–Crippen LogP) is 2.78. The second-order valence-electron chi connectivity index (χ2n) is 5.07. The molecule has 3 aromatic rings. The number of hydrogen-bond donors (Lipinski definition) is 1. The van der Waals surface area contributed by atoms with E-state index in [0.29, 0.717) is 21.8 Å². The van der Waals surface area contributed by atoms with Gasteiger partial charge in [-0.25, -0.2) is 4.79 Å². The van der Waals surface area contributed by atoms with Crippen LogP contribution in [0.15, 0.2) is 47.3 Å². The minimum atomic E-state index is -0.250. The van der Waals surface area contributed by atoms with Crippen molar-refractivity contribution in [1.29, 1.82) is 0 Å². The number of fused-ring (bicyclic) bond motifs is 1. The Bertz CT molecular complexity index is 940. The maximum atomic E-state index is 12.3. The first-order chi connectivity index (χ1) is 10.5. The van der Waals surface area contributed by atoms with Crippen LogP contribution < -0.4 is 11.0 Å². The van der Waals surface area contributed by atoms with Crippen molar-refractivity contribution in [3.05, 3.63) is 63.5 Å². The van der Waals surface area contributed by atoms with E-state index in [1.54, 1.807) is 61.1 Å². The second kappa shape index (κ2) is 5.35. The number of carbonyl (C=O) groups excluding carboxylic acids is 1. The highest BCUT2D eigenvalue weighted by atomic mass is 35.5. The molecule has 0 aliphatic rings. The molecule has 0 radical (unpaired) electrons. The van der Waals surface area contributed by atoms with Gasteiger partial charge in [0.25, 0.3) is 5.91 Å². The van der Waals surface area contributed by atoms with E-state index in [4.69, 9.17) is 11.6 Å². The molecule has 1 amide bonds. The lowest BCUT2D eigenvalue weighted by Crippen LogP contribution is -2.19. The van der Waals surface area contributed by atoms with E-state index in [9.17, 15) is 9.59 Å². The molecule has 0 aliphatic heterocycles. The van der Waals surface area contributed by atoms with Gasteiger partial charge in [-0.1, -0.05) is 17.7 Å². The van der Waals surface area contributed by atoms with E-state index in [1.165, 1.54) is 4.57 Å². The number of nitrogens with one attached hydrogen (secondary N) is 1. The smallest absolute Gasteiger partial charge is 0.322 e. The van der Waals surface area contributed by atoms with Crippen LogP contribution in [0.2, 0.25) is 5.02 Å². The number of halogens is 1. The van der Waals surface area contributed by atoms with Crippen LogP contribution in [0.1, 0.15) is 10.4 Å². The monoisotopic (exact) mass is 315 g/mol. The molecule has 2 aromatic carbocycles. The number of aromatic nitrogens is 2. The van der Waals surface area contributed by atoms with Gasteiger partial charge in [0.2, 0.25) is 0 Å². The average Bonchev–Trinajstić information content (AvgIpc) is 2.72. The number of hydrogen-bond acceptors (Lipinski definition) is 2. The third-order valence-corrected chi connectivity index (χ3v) is 3.85. The highest BCUT2D eigenvalue weighted by Gasteiger charge is 2.12. The van der Waals surface area contributed by atoms with Crippen LogP contribution in [0.3, 0.4) is 0 Å². The molecule has 112 valence electrons. The first-order valence-corrected chi connectivity index (χ1v) is 7.07. The first kappa shape index (κ1) is 14.4. The fourth-order valence-electron chi connectivity index (χ4n) is 2.42. The highest BCUT2D eigenvalue weighted by Crippen LogP contribution is 2.18. The minimum absolute atomic E-state index is 0.123. The Labute approximate surface area is 131 Å². The molecule has 5 nitrogen and oxygen atoms in total. The molecular formula is C16H14ClN3O2. The Hall–Kier alpha value is -2.53. The molecular weight excluding hydrogens is 302 g/mol. The van der Waals surface area contributed by atoms with Crippen LogP contribution in [0.4, 0.5) is 5.69 Å². The van der Waals surface area contributed by atoms with Crippen LogP contribution >= 0.6 is 11.6 Å². The fourth-order valence-corrected chi connectivity index (χ4v) is 2.61. The second-order valence-corrected chi connectivity index (χ2v) is 5.51. The van der Waals surface area contributed by atoms with Gasteiger partial charge in [0, 0.05) is 30.4 Å². The van der Waals surface area contributed by atoms with E-state index >= 15 is 0 Å². The topological polar surface area (TPSA) is 56.0 Å². The molecule has 0 aliphatic carbocycles. The number of rotatable bonds is 2. The lowest BCUT2D eigenvalue weighted by Gasteiger charge is -2.06. The van der Waals surface area contributed by atoms with Gasteiger partial charge < -0.3 is 5.32 Å². The molecule has 22 heavy (non-hydrogen) atoms. The quantitative estimate of drug-likeness (QED) is 0.790. The zero-order valence-electron chi connectivity index (χ0n) is 12.1. The van der Waals surface area contributed by atoms with Gasteiger partial charge in [0.1, 0.15) is 0 Å². The zero-order valence-corrected chi connectivity index (χ0v) is 12.9. The van der Waals surface area contributed by atoms with Gasteiger partial charge in [0.15, 0.2) is 0 Å². The maximum absolute atomic E-state index is 12.3. The van der Waals surface area contributed by atoms with Gasteiger partial charge >= 0.3 is 5.69 Å². The third kappa shape index (κ3) is 2.40. The van der Waals surface area contributed by atoms with Crippen LogP contribution in [0, 0.1) is 0 Å². The zero-order chi connectivity index (χ0) is 15.9. The maximum Gasteiger partial charge on any atom is 0.328 e. The molecule has 1 aromatic heterocycles. The normalized spacial score (nSPS) is 10.9. The molecule has 0 saturated heterocycles. The Morgan fingerprint density at radius 2 is 1.77 bits per heavy atom. The summed E-state index contributed by atoms with van der Waals surface area (Å²) in [6, 6.07) is 12.1. The van der Waals surface area contributed by atoms with E-state index in [1.807, 2.05) is 0 Å². The summed E-state index contributed by atoms with van der Waals surface area (Å²) in [5.41, 5.74) is 2.48. The molecule has 0 unspecified atom stereocenters. The van der Waals surface area contributed by atoms with Crippen molar-refractivity contribution in [2.24, 2.45) is 14.1 Å². The Morgan fingerprint density at radius 1 is 1.05 bits per heavy atom. The van der Waals surface area contributed by atoms with Gasteiger partial charge in [-0.3, -0.25) is 13.9 Å². The first-order valence-electron chi connectivity index (χ1n) is 6.70. The van der Waals surface area contributed by atoms with Crippen molar-refractivity contribution < 1.29 is 4.79 Å². The molecule has 6 heteroatoms. The largest absolute Gasteiger partial charge is 0.328 e. The molecule has 0 atom stereocenters. The van der Waals surface area contributed by atoms with Gasteiger partial charge in [0.05, 0.1) is 11.0 Å². The van der Waals surface area contributed by atoms with Crippen molar-refractivity contribution in [2.75, 3.05) is 5.32 Å². The summed E-state index contributed by atoms with van der Waals surface area (Å²) >= 11 is 5.90. The summed E-state index contributed by atoms with van der Waals surface area (Å²) in [6.07, 6.45) is 0. The number of benzene rings is 2. The van der Waals surface area contributed by atoms with Gasteiger partial charge in [-0.15, -0.1) is 0 Å². The molecule has 0 bridgehead atoms. The third-order valence-electron chi connectivity index (χ3n) is 3.62. The highest BCUT2D eigenvalue weighted by molar-refractivity contribution is 6.31. The van der Waals surface area contributed by atoms with Crippen molar-refractivity contribution in [2.45, 2.75) is 0 Å². The van der Waals surface area contributed by atoms with Gasteiger partial charge in [-0.05, 0) is 36.4 Å². The van der Waals surface area contributed by atoms with Crippen LogP contribution in [-0.4, -0.2) is 15.0 Å². The average molecular weight is 316 g/mol. The standard InChI is InChI=1S/C16H14ClN3O2/c1-19-13-7-6-10(8-14(13)20(2)16(19)22)15(21)18-12-5-3-4-11(17)9-12/h3-9H,1-2H3,(H,18,21). The van der Waals surface area contributed by atoms with E-state index < -0.39 is 0 Å². The number of imidazole rings is 1. The number of amides is 1. The van der Waals surface area contributed by atoms with Gasteiger partial charge in [-0.2, -0.15) is 0 Å². The Balaban J connectivity index is 1.98. The lowest BCUT2D eigenvalue weighted by atomic mass is 10.1. The van der Waals surface area contributed by atoms with E-state index in [-0.39, 0.29) is 11.6 Å². The van der Waals surface area contributed by atoms with Crippen molar-refractivity contribution in [1.82, 2.24) is 9.13 Å². The number of aryl methyl sites for hydroxylation is 2. The number of nitrogens with zero attached hydrogens (tertiary/aromatic N) is 2. The van der Waals surface area contributed by atoms with E-state index in [2.05, 4.69) is 5.32 Å². The molecule has 0 spiro atoms. The molecule has 0 saturated carbocycles. The molecule has 3 rings (SSSR count). The summed E-state index contributed by atoms with van der Waals surface area (Å²) in [5.74, 6) is -0.250. The summed E-state index contributed by atoms with van der Waals surface area (Å²) in [4.78, 5) is 24.2. The lowest BCUT2D eigenvalue weighted by molar-refractivity contribution is 0.102. The van der Waals surface area contributed by atoms with E-state index in [0.717, 1.165) is 5.52 Å². The summed E-state index contributed by atoms with van der Waals surface area (Å²) in [5, 5.41) is 3.34. The molecule has 1 N–H and O–H groups in total. The minimum Gasteiger partial charge on any atom is -0.322 e. The SMILES string of the molecule is Cn1c(=O)n(C)c2cc(C(=O)Nc3cccc(Cl)c3)ccc21. The molecule has 0 fully saturated rings. The molecule has 1 heterocycles. The summed E-state index contributed by atoms with van der Waals surface area (Å²) < 4.78 is 3.07. The van der Waals surface area contributed by atoms with Crippen LogP contribution in [0.5, 0.6) is 0 Å². The fraction of sp³-hybridized carbons (Fsp3) is 0.125. The Morgan fingerprint density at radius 3 is 2.50 bits per heavy atom. The van der Waals surface area contributed by atoms with Crippen molar-refractivity contribution >= 4 is 34.2 Å². The predicted molar refractivity (Wildman–Crippen MR) is 87.6 cm³/mol. The summed E-state index contributed by atoms with van der Waals surface area (Å²) in [6.45, 7) is 0. The van der Waals surface area contributed by atoms with Crippen LogP contribution in [-0.2, 0) is 14.1 Å². The Kier molecular flexibility index (Phi) is 3.50. The number of carbonyl (C=O) groups is 1. The van der Waals surface area contributed by atoms with Crippen LogP contribution in [0.25, 0.3) is 11.0 Å². The van der Waals surface area contributed by atoms with Crippen molar-refractivity contribution in [3.63, 3.8) is 0 Å². The summed E-state index contributed by atoms with van der Waals surface area (Å²) in [7, 11) is 3.39. The van der Waals surface area contributed by atoms with Crippen molar-refractivity contribution in [3.8, 4) is 0 Å². The number of anilines is 1.